The number of nitrogens with zero attached hydrogens (tertiary/aromatic N) is 1. The lowest BCUT2D eigenvalue weighted by molar-refractivity contribution is 0.416. The molecule has 1 unspecified atom stereocenters. The molecule has 3 nitrogen and oxygen atoms in total. The Morgan fingerprint density at radius 2 is 2.25 bits per heavy atom. The summed E-state index contributed by atoms with van der Waals surface area (Å²) in [5, 5.41) is 5.13. The van der Waals surface area contributed by atoms with E-state index in [-0.39, 0.29) is 6.04 Å². The van der Waals surface area contributed by atoms with Gasteiger partial charge in [-0.25, -0.2) is 4.98 Å². The van der Waals surface area contributed by atoms with Crippen LogP contribution in [0.3, 0.4) is 0 Å². The maximum absolute atomic E-state index is 6.12. The Morgan fingerprint density at radius 3 is 2.81 bits per heavy atom. The summed E-state index contributed by atoms with van der Waals surface area (Å²) in [6.45, 7) is 2.01. The molecule has 0 bridgehead atoms. The molecule has 0 aliphatic heterocycles. The third-order valence-corrected chi connectivity index (χ3v) is 4.16. The molecule has 0 radical (unpaired) electrons. The van der Waals surface area contributed by atoms with Gasteiger partial charge in [0.05, 0.1) is 17.8 Å². The minimum absolute atomic E-state index is 0.00963. The summed E-state index contributed by atoms with van der Waals surface area (Å²) in [6.07, 6.45) is 0.786. The van der Waals surface area contributed by atoms with E-state index in [1.807, 2.05) is 18.4 Å². The van der Waals surface area contributed by atoms with Crippen LogP contribution in [0.5, 0.6) is 5.75 Å². The van der Waals surface area contributed by atoms with E-state index in [0.29, 0.717) is 0 Å². The van der Waals surface area contributed by atoms with Crippen LogP contribution in [0.25, 0.3) is 0 Å². The van der Waals surface area contributed by atoms with E-state index in [9.17, 15) is 0 Å². The molecular formula is C11H14N2OS2. The second-order valence-electron chi connectivity index (χ2n) is 3.56. The lowest BCUT2D eigenvalue weighted by atomic mass is 10.1. The second-order valence-corrected chi connectivity index (χ2v) is 5.56. The topological polar surface area (TPSA) is 48.1 Å². The number of ether oxygens (including phenoxy) is 1. The summed E-state index contributed by atoms with van der Waals surface area (Å²) >= 11 is 3.30. The SMILES string of the molecule is COc1csc(C(N)Cc2csc(C)n2)c1. The molecule has 0 aliphatic carbocycles. The fraction of sp³-hybridized carbons (Fsp3) is 0.364. The molecule has 0 aliphatic rings. The average molecular weight is 254 g/mol. The van der Waals surface area contributed by atoms with Gasteiger partial charge in [-0.15, -0.1) is 22.7 Å². The number of rotatable bonds is 4. The maximum atomic E-state index is 6.12. The molecule has 2 N–H and O–H groups in total. The Labute approximate surface area is 103 Å². The molecule has 0 aromatic carbocycles. The van der Waals surface area contributed by atoms with Crippen molar-refractivity contribution >= 4 is 22.7 Å². The van der Waals surface area contributed by atoms with Gasteiger partial charge in [0, 0.05) is 28.1 Å². The van der Waals surface area contributed by atoms with Crippen LogP contribution >= 0.6 is 22.7 Å². The lowest BCUT2D eigenvalue weighted by Crippen LogP contribution is -2.11. The van der Waals surface area contributed by atoms with Crippen LogP contribution in [0.2, 0.25) is 0 Å². The van der Waals surface area contributed by atoms with Crippen LogP contribution in [0, 0.1) is 6.92 Å². The third kappa shape index (κ3) is 2.61. The van der Waals surface area contributed by atoms with Crippen LogP contribution < -0.4 is 10.5 Å². The summed E-state index contributed by atoms with van der Waals surface area (Å²) in [6, 6.07) is 2.00. The second kappa shape index (κ2) is 4.95. The Hall–Kier alpha value is -0.910. The zero-order valence-electron chi connectivity index (χ0n) is 9.27. The van der Waals surface area contributed by atoms with Crippen molar-refractivity contribution in [3.63, 3.8) is 0 Å². The normalized spacial score (nSPS) is 12.7. The first kappa shape index (κ1) is 11.6. The van der Waals surface area contributed by atoms with Crippen molar-refractivity contribution < 1.29 is 4.74 Å². The maximum Gasteiger partial charge on any atom is 0.129 e. The molecule has 0 saturated carbocycles. The van der Waals surface area contributed by atoms with Crippen molar-refractivity contribution in [1.29, 1.82) is 0 Å². The van der Waals surface area contributed by atoms with Gasteiger partial charge in [-0.2, -0.15) is 0 Å². The van der Waals surface area contributed by atoms with Crippen LogP contribution in [0.1, 0.15) is 21.6 Å². The summed E-state index contributed by atoms with van der Waals surface area (Å²) in [5.74, 6) is 0.880. The van der Waals surface area contributed by atoms with E-state index in [4.69, 9.17) is 10.5 Å². The monoisotopic (exact) mass is 254 g/mol. The number of aromatic nitrogens is 1. The van der Waals surface area contributed by atoms with Crippen molar-refractivity contribution in [2.45, 2.75) is 19.4 Å². The first-order valence-electron chi connectivity index (χ1n) is 4.98. The smallest absolute Gasteiger partial charge is 0.129 e. The number of thiazole rings is 1. The van der Waals surface area contributed by atoms with Crippen LogP contribution in [0.4, 0.5) is 0 Å². The molecule has 0 fully saturated rings. The van der Waals surface area contributed by atoms with E-state index in [0.717, 1.165) is 27.7 Å². The predicted octanol–water partition coefficient (Wildman–Crippen LogP) is 2.76. The number of methoxy groups -OCH3 is 1. The van der Waals surface area contributed by atoms with Crippen LogP contribution in [0.15, 0.2) is 16.8 Å². The van der Waals surface area contributed by atoms with Gasteiger partial charge in [-0.3, -0.25) is 0 Å². The minimum Gasteiger partial charge on any atom is -0.496 e. The van der Waals surface area contributed by atoms with Crippen LogP contribution in [-0.4, -0.2) is 12.1 Å². The molecular weight excluding hydrogens is 240 g/mol. The minimum atomic E-state index is 0.00963. The van der Waals surface area contributed by atoms with Gasteiger partial charge in [0.25, 0.3) is 0 Å². The molecule has 2 aromatic heterocycles. The van der Waals surface area contributed by atoms with E-state index < -0.39 is 0 Å². The van der Waals surface area contributed by atoms with Gasteiger partial charge in [0.1, 0.15) is 5.75 Å². The van der Waals surface area contributed by atoms with E-state index in [1.165, 1.54) is 0 Å². The molecule has 86 valence electrons. The number of nitrogens with two attached hydrogens (primary N) is 1. The zero-order chi connectivity index (χ0) is 11.5. The van der Waals surface area contributed by atoms with Gasteiger partial charge in [-0.05, 0) is 13.0 Å². The highest BCUT2D eigenvalue weighted by Crippen LogP contribution is 2.27. The molecule has 2 heterocycles. The van der Waals surface area contributed by atoms with Gasteiger partial charge < -0.3 is 10.5 Å². The summed E-state index contributed by atoms with van der Waals surface area (Å²) < 4.78 is 5.14. The van der Waals surface area contributed by atoms with Gasteiger partial charge in [-0.1, -0.05) is 0 Å². The fourth-order valence-corrected chi connectivity index (χ4v) is 2.95. The van der Waals surface area contributed by atoms with Gasteiger partial charge in [0.2, 0.25) is 0 Å². The largest absolute Gasteiger partial charge is 0.496 e. The third-order valence-electron chi connectivity index (χ3n) is 2.29. The predicted molar refractivity (Wildman–Crippen MR) is 68.4 cm³/mol. The standard InChI is InChI=1S/C11H14N2OS2/c1-7-13-8(5-15-7)3-10(12)11-4-9(14-2)6-16-11/h4-6,10H,3,12H2,1-2H3. The highest BCUT2D eigenvalue weighted by molar-refractivity contribution is 7.10. The summed E-state index contributed by atoms with van der Waals surface area (Å²) in [7, 11) is 1.67. The van der Waals surface area contributed by atoms with Crippen molar-refractivity contribution in [2.24, 2.45) is 5.73 Å². The Morgan fingerprint density at radius 1 is 1.44 bits per heavy atom. The van der Waals surface area contributed by atoms with Gasteiger partial charge in [0.15, 0.2) is 0 Å². The Bertz CT molecular complexity index is 464. The zero-order valence-corrected chi connectivity index (χ0v) is 10.9. The summed E-state index contributed by atoms with van der Waals surface area (Å²) in [4.78, 5) is 5.56. The van der Waals surface area contributed by atoms with Crippen molar-refractivity contribution in [1.82, 2.24) is 4.98 Å². The van der Waals surface area contributed by atoms with Crippen molar-refractivity contribution in [3.8, 4) is 5.75 Å². The summed E-state index contributed by atoms with van der Waals surface area (Å²) in [5.41, 5.74) is 7.20. The van der Waals surface area contributed by atoms with Crippen molar-refractivity contribution in [2.75, 3.05) is 7.11 Å². The molecule has 2 rings (SSSR count). The van der Waals surface area contributed by atoms with Crippen molar-refractivity contribution in [3.05, 3.63) is 32.4 Å². The highest BCUT2D eigenvalue weighted by Gasteiger charge is 2.11. The first-order valence-corrected chi connectivity index (χ1v) is 6.74. The Balaban J connectivity index is 2.05. The number of hydrogen-bond donors (Lipinski definition) is 1. The molecule has 16 heavy (non-hydrogen) atoms. The number of hydrogen-bond acceptors (Lipinski definition) is 5. The molecule has 0 spiro atoms. The fourth-order valence-electron chi connectivity index (χ4n) is 1.46. The molecule has 0 amide bonds. The first-order chi connectivity index (χ1) is 7.69. The molecule has 5 heteroatoms. The van der Waals surface area contributed by atoms with E-state index in [1.54, 1.807) is 29.8 Å². The highest BCUT2D eigenvalue weighted by atomic mass is 32.1. The average Bonchev–Trinajstić information content (AvgIpc) is 2.87. The number of thiophene rings is 1. The van der Waals surface area contributed by atoms with E-state index in [2.05, 4.69) is 10.4 Å². The molecule has 1 atom stereocenters. The quantitative estimate of drug-likeness (QED) is 0.912. The number of aryl methyl sites for hydroxylation is 1. The molecule has 2 aromatic rings. The lowest BCUT2D eigenvalue weighted by Gasteiger charge is -2.06. The van der Waals surface area contributed by atoms with Gasteiger partial charge >= 0.3 is 0 Å². The van der Waals surface area contributed by atoms with E-state index >= 15 is 0 Å². The Kier molecular flexibility index (Phi) is 3.58. The van der Waals surface area contributed by atoms with Crippen LogP contribution in [-0.2, 0) is 6.42 Å². The molecule has 0 saturated heterocycles.